The molecule has 4 heterocycles. The van der Waals surface area contributed by atoms with E-state index in [1.165, 1.54) is 23.6 Å². The fourth-order valence-corrected chi connectivity index (χ4v) is 4.71. The molecule has 0 spiro atoms. The van der Waals surface area contributed by atoms with Gasteiger partial charge < -0.3 is 29.3 Å². The number of amides is 1. The lowest BCUT2D eigenvalue weighted by molar-refractivity contribution is 0.122. The lowest BCUT2D eigenvalue weighted by Gasteiger charge is -2.37. The van der Waals surface area contributed by atoms with Crippen LogP contribution in [0.4, 0.5) is 25.5 Å². The van der Waals surface area contributed by atoms with Crippen LogP contribution in [0.2, 0.25) is 0 Å². The second-order valence-corrected chi connectivity index (χ2v) is 8.90. The van der Waals surface area contributed by atoms with Crippen LogP contribution < -0.4 is 14.5 Å². The molecule has 14 heteroatoms. The average Bonchev–Trinajstić information content (AvgIpc) is 3.33. The van der Waals surface area contributed by atoms with Gasteiger partial charge in [-0.05, 0) is 25.0 Å². The topological polar surface area (TPSA) is 122 Å². The minimum Gasteiger partial charge on any atom is -0.494 e. The van der Waals surface area contributed by atoms with Gasteiger partial charge in [-0.15, -0.1) is 0 Å². The van der Waals surface area contributed by atoms with Crippen LogP contribution in [-0.4, -0.2) is 100 Å². The van der Waals surface area contributed by atoms with Crippen LogP contribution in [0.3, 0.4) is 0 Å². The summed E-state index contributed by atoms with van der Waals surface area (Å²) in [6.45, 7) is 3.00. The van der Waals surface area contributed by atoms with Crippen LogP contribution in [0.25, 0.3) is 17.0 Å². The largest absolute Gasteiger partial charge is 0.494 e. The van der Waals surface area contributed by atoms with E-state index in [0.717, 1.165) is 6.42 Å². The fraction of sp³-hybridized carbons (Fsp3) is 0.522. The first-order valence-corrected chi connectivity index (χ1v) is 12.0. The molecule has 3 aromatic rings. The number of nitrogens with zero attached hydrogens (tertiary/aromatic N) is 8. The third-order valence-corrected chi connectivity index (χ3v) is 6.71. The Labute approximate surface area is 211 Å². The minimum absolute atomic E-state index is 0.00579. The number of aromatic nitrogens is 5. The Morgan fingerprint density at radius 3 is 2.49 bits per heavy atom. The summed E-state index contributed by atoms with van der Waals surface area (Å²) in [5, 5.41) is 9.46. The summed E-state index contributed by atoms with van der Waals surface area (Å²) in [5.74, 6) is 0.483. The van der Waals surface area contributed by atoms with Crippen molar-refractivity contribution >= 4 is 29.0 Å². The van der Waals surface area contributed by atoms with E-state index in [0.29, 0.717) is 69.0 Å². The number of hydrogen-bond donors (Lipinski definition) is 1. The van der Waals surface area contributed by atoms with Gasteiger partial charge in [0.2, 0.25) is 17.8 Å². The van der Waals surface area contributed by atoms with Crippen molar-refractivity contribution in [2.24, 2.45) is 0 Å². The smallest absolute Gasteiger partial charge is 0.407 e. The Kier molecular flexibility index (Phi) is 6.91. The monoisotopic (exact) mass is 518 g/mol. The molecule has 2 aliphatic rings. The summed E-state index contributed by atoms with van der Waals surface area (Å²) in [5.41, 5.74) is 0.651. The van der Waals surface area contributed by atoms with Gasteiger partial charge in [0.15, 0.2) is 5.82 Å². The Morgan fingerprint density at radius 2 is 1.81 bits per heavy atom. The number of likely N-dealkylation sites (N-methyl/N-ethyl adjacent to an activating group) is 1. The summed E-state index contributed by atoms with van der Waals surface area (Å²) in [6, 6.07) is 4.75. The zero-order valence-corrected chi connectivity index (χ0v) is 20.5. The molecule has 0 radical (unpaired) electrons. The molecule has 2 aromatic heterocycles. The predicted octanol–water partition coefficient (Wildman–Crippen LogP) is 2.57. The standard InChI is InChI=1S/C23H28F2N8O4/c1-30(23(34)35)14-5-4-8-32(13-14)21-27-20(31-9-11-37-12-10-31)28-22(29-21)33-15-6-3-7-16(36-2)17(15)26-19(33)18(24)25/h3,6-7,14,18H,4-5,8-13H2,1-2H3,(H,34,35). The summed E-state index contributed by atoms with van der Waals surface area (Å²) in [4.78, 5) is 34.7. The van der Waals surface area contributed by atoms with Crippen LogP contribution in [-0.2, 0) is 4.74 Å². The Bertz CT molecular complexity index is 1280. The second-order valence-electron chi connectivity index (χ2n) is 8.90. The van der Waals surface area contributed by atoms with E-state index in [9.17, 15) is 18.7 Å². The molecule has 1 aromatic carbocycles. The number of carboxylic acid groups (broad SMARTS) is 1. The minimum atomic E-state index is -2.90. The Morgan fingerprint density at radius 1 is 1.11 bits per heavy atom. The van der Waals surface area contributed by atoms with Crippen molar-refractivity contribution in [1.82, 2.24) is 29.4 Å². The molecular weight excluding hydrogens is 490 g/mol. The van der Waals surface area contributed by atoms with Crippen LogP contribution in [0.15, 0.2) is 18.2 Å². The first-order valence-electron chi connectivity index (χ1n) is 12.0. The van der Waals surface area contributed by atoms with Crippen molar-refractivity contribution in [2.75, 3.05) is 63.4 Å². The van der Waals surface area contributed by atoms with E-state index < -0.39 is 18.3 Å². The van der Waals surface area contributed by atoms with E-state index in [-0.39, 0.29) is 17.5 Å². The van der Waals surface area contributed by atoms with Crippen LogP contribution >= 0.6 is 0 Å². The predicted molar refractivity (Wildman–Crippen MR) is 130 cm³/mol. The van der Waals surface area contributed by atoms with E-state index in [2.05, 4.69) is 19.9 Å². The number of alkyl halides is 2. The maximum atomic E-state index is 14.2. The highest BCUT2D eigenvalue weighted by atomic mass is 19.3. The maximum absolute atomic E-state index is 14.2. The fourth-order valence-electron chi connectivity index (χ4n) is 4.71. The number of para-hydroxylation sites is 1. The molecule has 0 bridgehead atoms. The highest BCUT2D eigenvalue weighted by Gasteiger charge is 2.30. The van der Waals surface area contributed by atoms with Crippen molar-refractivity contribution in [3.05, 3.63) is 24.0 Å². The van der Waals surface area contributed by atoms with Crippen LogP contribution in [0, 0.1) is 0 Å². The van der Waals surface area contributed by atoms with Crippen molar-refractivity contribution < 1.29 is 28.2 Å². The van der Waals surface area contributed by atoms with Gasteiger partial charge in [-0.3, -0.25) is 4.57 Å². The maximum Gasteiger partial charge on any atom is 0.407 e. The molecule has 12 nitrogen and oxygen atoms in total. The first kappa shape index (κ1) is 24.9. The van der Waals surface area contributed by atoms with Gasteiger partial charge in [0, 0.05) is 33.2 Å². The van der Waals surface area contributed by atoms with Crippen molar-refractivity contribution in [3.63, 3.8) is 0 Å². The second kappa shape index (κ2) is 10.3. The first-order chi connectivity index (χ1) is 17.9. The number of morpholine rings is 1. The van der Waals surface area contributed by atoms with Gasteiger partial charge in [0.05, 0.1) is 31.9 Å². The average molecular weight is 519 g/mol. The van der Waals surface area contributed by atoms with E-state index in [4.69, 9.17) is 9.47 Å². The van der Waals surface area contributed by atoms with Crippen LogP contribution in [0.1, 0.15) is 25.1 Å². The third kappa shape index (κ3) is 4.80. The lowest BCUT2D eigenvalue weighted by Crippen LogP contribution is -2.49. The highest BCUT2D eigenvalue weighted by Crippen LogP contribution is 2.32. The molecular formula is C23H28F2N8O4. The number of rotatable bonds is 6. The number of benzene rings is 1. The quantitative estimate of drug-likeness (QED) is 0.521. The molecule has 198 valence electrons. The number of fused-ring (bicyclic) bond motifs is 1. The van der Waals surface area contributed by atoms with E-state index in [1.807, 2.05) is 9.80 Å². The van der Waals surface area contributed by atoms with Gasteiger partial charge in [0.1, 0.15) is 11.3 Å². The summed E-state index contributed by atoms with van der Waals surface area (Å²) < 4.78 is 40.5. The molecule has 1 N–H and O–H groups in total. The molecule has 1 unspecified atom stereocenters. The van der Waals surface area contributed by atoms with Gasteiger partial charge >= 0.3 is 6.09 Å². The summed E-state index contributed by atoms with van der Waals surface area (Å²) in [7, 11) is 2.99. The number of imidazole rings is 1. The number of ether oxygens (including phenoxy) is 2. The number of halogens is 2. The molecule has 2 fully saturated rings. The zero-order valence-electron chi connectivity index (χ0n) is 20.5. The van der Waals surface area contributed by atoms with Crippen molar-refractivity contribution in [2.45, 2.75) is 25.3 Å². The number of piperidine rings is 1. The highest BCUT2D eigenvalue weighted by molar-refractivity contribution is 5.84. The Hall–Kier alpha value is -3.81. The number of anilines is 2. The van der Waals surface area contributed by atoms with E-state index >= 15 is 0 Å². The molecule has 0 saturated carbocycles. The number of hydrogen-bond acceptors (Lipinski definition) is 9. The van der Waals surface area contributed by atoms with Gasteiger partial charge in [-0.25, -0.2) is 18.6 Å². The molecule has 0 aliphatic carbocycles. The van der Waals surface area contributed by atoms with Gasteiger partial charge in [0.25, 0.3) is 6.43 Å². The SMILES string of the molecule is COc1cccc2c1nc(C(F)F)n2-c1nc(N2CCOCC2)nc(N2CCCC(N(C)C(=O)O)C2)n1. The molecule has 1 amide bonds. The molecule has 37 heavy (non-hydrogen) atoms. The van der Waals surface area contributed by atoms with Crippen molar-refractivity contribution in [1.29, 1.82) is 0 Å². The van der Waals surface area contributed by atoms with Crippen molar-refractivity contribution in [3.8, 4) is 11.7 Å². The number of methoxy groups -OCH3 is 1. The van der Waals surface area contributed by atoms with Crippen LogP contribution in [0.5, 0.6) is 5.75 Å². The number of carbonyl (C=O) groups is 1. The summed E-state index contributed by atoms with van der Waals surface area (Å²) in [6.07, 6.45) is -2.48. The molecule has 5 rings (SSSR count). The molecule has 2 saturated heterocycles. The molecule has 1 atom stereocenters. The zero-order chi connectivity index (χ0) is 26.1. The Balaban J connectivity index is 1.64. The lowest BCUT2D eigenvalue weighted by atomic mass is 10.1. The summed E-state index contributed by atoms with van der Waals surface area (Å²) >= 11 is 0. The molecule has 2 aliphatic heterocycles. The van der Waals surface area contributed by atoms with Gasteiger partial charge in [-0.1, -0.05) is 6.07 Å². The van der Waals surface area contributed by atoms with Gasteiger partial charge in [-0.2, -0.15) is 15.0 Å². The van der Waals surface area contributed by atoms with E-state index in [1.54, 1.807) is 18.2 Å². The normalized spacial score (nSPS) is 18.5. The third-order valence-electron chi connectivity index (χ3n) is 6.71.